The molecule has 0 aliphatic rings. The topological polar surface area (TPSA) is 71.5 Å². The summed E-state index contributed by atoms with van der Waals surface area (Å²) < 4.78 is 5.42. The normalized spacial score (nSPS) is 10.8. The monoisotopic (exact) mass is 258 g/mol. The molecule has 1 aromatic heterocycles. The average molecular weight is 258 g/mol. The Morgan fingerprint density at radius 2 is 2.35 bits per heavy atom. The number of thiazole rings is 1. The van der Waals surface area contributed by atoms with Gasteiger partial charge in [-0.05, 0) is 12.3 Å². The van der Waals surface area contributed by atoms with Gasteiger partial charge in [0.1, 0.15) is 0 Å². The van der Waals surface area contributed by atoms with E-state index < -0.39 is 5.97 Å². The molecule has 0 aromatic carbocycles. The molecule has 0 amide bonds. The maximum absolute atomic E-state index is 10.6. The van der Waals surface area contributed by atoms with Crippen molar-refractivity contribution in [3.63, 3.8) is 0 Å². The van der Waals surface area contributed by atoms with Gasteiger partial charge >= 0.3 is 5.97 Å². The number of nitrogens with zero attached hydrogens (tertiary/aromatic N) is 1. The lowest BCUT2D eigenvalue weighted by Crippen LogP contribution is -2.11. The summed E-state index contributed by atoms with van der Waals surface area (Å²) in [6.07, 6.45) is 1.06. The van der Waals surface area contributed by atoms with Gasteiger partial charge in [-0.3, -0.25) is 0 Å². The molecule has 6 heteroatoms. The van der Waals surface area contributed by atoms with Crippen molar-refractivity contribution in [1.29, 1.82) is 0 Å². The van der Waals surface area contributed by atoms with Gasteiger partial charge in [0.15, 0.2) is 10.8 Å². The first-order chi connectivity index (χ1) is 8.09. The van der Waals surface area contributed by atoms with Crippen LogP contribution in [0.1, 0.15) is 30.8 Å². The van der Waals surface area contributed by atoms with Crippen molar-refractivity contribution in [2.24, 2.45) is 5.92 Å². The molecule has 0 saturated carbocycles. The lowest BCUT2D eigenvalue weighted by atomic mass is 10.1. The van der Waals surface area contributed by atoms with Crippen molar-refractivity contribution >= 4 is 22.4 Å². The summed E-state index contributed by atoms with van der Waals surface area (Å²) in [7, 11) is 0. The van der Waals surface area contributed by atoms with Crippen molar-refractivity contribution in [2.45, 2.75) is 20.3 Å². The van der Waals surface area contributed by atoms with Crippen LogP contribution < -0.4 is 5.32 Å². The molecule has 0 aliphatic heterocycles. The molecule has 96 valence electrons. The van der Waals surface area contributed by atoms with E-state index in [1.165, 1.54) is 16.7 Å². The second-order valence-electron chi connectivity index (χ2n) is 4.06. The highest BCUT2D eigenvalue weighted by Gasteiger charge is 2.07. The van der Waals surface area contributed by atoms with Gasteiger partial charge in [-0.25, -0.2) is 9.78 Å². The Morgan fingerprint density at radius 1 is 1.59 bits per heavy atom. The number of ether oxygens (including phenoxy) is 1. The van der Waals surface area contributed by atoms with Crippen molar-refractivity contribution in [3.05, 3.63) is 11.1 Å². The highest BCUT2D eigenvalue weighted by atomic mass is 32.1. The number of aromatic nitrogens is 1. The molecule has 1 rings (SSSR count). The predicted molar refractivity (Wildman–Crippen MR) is 67.8 cm³/mol. The van der Waals surface area contributed by atoms with E-state index in [4.69, 9.17) is 9.84 Å². The largest absolute Gasteiger partial charge is 0.476 e. The summed E-state index contributed by atoms with van der Waals surface area (Å²) in [4.78, 5) is 14.5. The summed E-state index contributed by atoms with van der Waals surface area (Å²) in [6.45, 7) is 6.33. The number of aromatic carboxylic acids is 1. The first kappa shape index (κ1) is 13.9. The number of carbonyl (C=O) groups is 1. The van der Waals surface area contributed by atoms with Crippen molar-refractivity contribution < 1.29 is 14.6 Å². The Labute approximate surface area is 105 Å². The fourth-order valence-electron chi connectivity index (χ4n) is 1.10. The number of nitrogens with one attached hydrogen (secondary N) is 1. The van der Waals surface area contributed by atoms with Crippen LogP contribution in [0.4, 0.5) is 5.13 Å². The van der Waals surface area contributed by atoms with Crippen LogP contribution >= 0.6 is 11.3 Å². The van der Waals surface area contributed by atoms with E-state index in [-0.39, 0.29) is 5.69 Å². The zero-order valence-electron chi connectivity index (χ0n) is 10.1. The molecule has 0 bridgehead atoms. The van der Waals surface area contributed by atoms with Crippen LogP contribution in [0.25, 0.3) is 0 Å². The molecule has 0 spiro atoms. The molecule has 0 atom stereocenters. The van der Waals surface area contributed by atoms with E-state index >= 15 is 0 Å². The van der Waals surface area contributed by atoms with Gasteiger partial charge in [-0.2, -0.15) is 0 Å². The first-order valence-corrected chi connectivity index (χ1v) is 6.48. The zero-order valence-corrected chi connectivity index (χ0v) is 10.9. The van der Waals surface area contributed by atoms with Crippen LogP contribution in [-0.2, 0) is 4.74 Å². The van der Waals surface area contributed by atoms with E-state index in [1.807, 2.05) is 0 Å². The van der Waals surface area contributed by atoms with Gasteiger partial charge in [0.25, 0.3) is 0 Å². The molecular weight excluding hydrogens is 240 g/mol. The third kappa shape index (κ3) is 5.65. The zero-order chi connectivity index (χ0) is 12.7. The molecule has 2 N–H and O–H groups in total. The van der Waals surface area contributed by atoms with Gasteiger partial charge in [0.05, 0.1) is 6.61 Å². The Hall–Kier alpha value is -1.14. The number of hydrogen-bond donors (Lipinski definition) is 2. The number of carboxylic acid groups (broad SMARTS) is 1. The van der Waals surface area contributed by atoms with Crippen molar-refractivity contribution in [3.8, 4) is 0 Å². The van der Waals surface area contributed by atoms with E-state index in [0.717, 1.165) is 13.0 Å². The maximum Gasteiger partial charge on any atom is 0.355 e. The minimum Gasteiger partial charge on any atom is -0.476 e. The summed E-state index contributed by atoms with van der Waals surface area (Å²) >= 11 is 1.29. The molecule has 5 nitrogen and oxygen atoms in total. The second kappa shape index (κ2) is 7.24. The van der Waals surface area contributed by atoms with Gasteiger partial charge in [-0.1, -0.05) is 13.8 Å². The smallest absolute Gasteiger partial charge is 0.355 e. The first-order valence-electron chi connectivity index (χ1n) is 5.60. The molecule has 0 unspecified atom stereocenters. The number of hydrogen-bond acceptors (Lipinski definition) is 5. The molecule has 1 aromatic rings. The second-order valence-corrected chi connectivity index (χ2v) is 4.92. The van der Waals surface area contributed by atoms with Crippen LogP contribution in [0, 0.1) is 5.92 Å². The van der Waals surface area contributed by atoms with E-state index in [0.29, 0.717) is 24.2 Å². The van der Waals surface area contributed by atoms with Crippen LogP contribution in [0.15, 0.2) is 5.38 Å². The van der Waals surface area contributed by atoms with Gasteiger partial charge in [-0.15, -0.1) is 11.3 Å². The Bertz CT molecular complexity index is 352. The van der Waals surface area contributed by atoms with Crippen LogP contribution in [0.3, 0.4) is 0 Å². The molecule has 17 heavy (non-hydrogen) atoms. The fourth-order valence-corrected chi connectivity index (χ4v) is 1.82. The standard InChI is InChI=1S/C11H18N2O3S/c1-8(2)3-5-16-6-4-12-11-13-9(7-17-11)10(14)15/h7-8H,3-6H2,1-2H3,(H,12,13)(H,14,15). The van der Waals surface area contributed by atoms with E-state index in [9.17, 15) is 4.79 Å². The maximum atomic E-state index is 10.6. The molecule has 0 aliphatic carbocycles. The highest BCUT2D eigenvalue weighted by Crippen LogP contribution is 2.14. The van der Waals surface area contributed by atoms with Gasteiger partial charge < -0.3 is 15.2 Å². The van der Waals surface area contributed by atoms with Gasteiger partial charge in [0.2, 0.25) is 0 Å². The summed E-state index contributed by atoms with van der Waals surface area (Å²) in [5, 5.41) is 13.8. The Morgan fingerprint density at radius 3 is 2.94 bits per heavy atom. The lowest BCUT2D eigenvalue weighted by Gasteiger charge is -2.06. The molecule has 0 fully saturated rings. The van der Waals surface area contributed by atoms with Crippen LogP contribution in [0.5, 0.6) is 0 Å². The molecular formula is C11H18N2O3S. The third-order valence-corrected chi connectivity index (χ3v) is 2.89. The summed E-state index contributed by atoms with van der Waals surface area (Å²) in [5.41, 5.74) is 0.0817. The molecule has 0 radical (unpaired) electrons. The molecule has 0 saturated heterocycles. The fraction of sp³-hybridized carbons (Fsp3) is 0.636. The quantitative estimate of drug-likeness (QED) is 0.700. The predicted octanol–water partition coefficient (Wildman–Crippen LogP) is 2.32. The molecule has 1 heterocycles. The van der Waals surface area contributed by atoms with E-state index in [1.54, 1.807) is 0 Å². The van der Waals surface area contributed by atoms with E-state index in [2.05, 4.69) is 24.1 Å². The average Bonchev–Trinajstić information content (AvgIpc) is 2.71. The van der Waals surface area contributed by atoms with Crippen LogP contribution in [0.2, 0.25) is 0 Å². The number of anilines is 1. The lowest BCUT2D eigenvalue weighted by molar-refractivity contribution is 0.0691. The minimum absolute atomic E-state index is 0.0817. The Balaban J connectivity index is 2.11. The minimum atomic E-state index is -0.998. The Kier molecular flexibility index (Phi) is 5.93. The van der Waals surface area contributed by atoms with Crippen molar-refractivity contribution in [2.75, 3.05) is 25.1 Å². The number of carboxylic acids is 1. The highest BCUT2D eigenvalue weighted by molar-refractivity contribution is 7.13. The SMILES string of the molecule is CC(C)CCOCCNc1nc(C(=O)O)cs1. The van der Waals surface area contributed by atoms with Crippen molar-refractivity contribution in [1.82, 2.24) is 4.98 Å². The summed E-state index contributed by atoms with van der Waals surface area (Å²) in [5.74, 6) is -0.345. The van der Waals surface area contributed by atoms with Gasteiger partial charge in [0, 0.05) is 18.5 Å². The summed E-state index contributed by atoms with van der Waals surface area (Å²) in [6, 6.07) is 0. The third-order valence-electron chi connectivity index (χ3n) is 2.09. The number of rotatable bonds is 8. The van der Waals surface area contributed by atoms with Crippen LogP contribution in [-0.4, -0.2) is 35.8 Å².